The van der Waals surface area contributed by atoms with E-state index in [1.165, 1.54) is 6.07 Å². The van der Waals surface area contributed by atoms with Crippen molar-refractivity contribution in [1.29, 1.82) is 0 Å². The Labute approximate surface area is 142 Å². The van der Waals surface area contributed by atoms with Crippen LogP contribution in [-0.4, -0.2) is 24.8 Å². The van der Waals surface area contributed by atoms with Gasteiger partial charge in [-0.05, 0) is 73.7 Å². The lowest BCUT2D eigenvalue weighted by atomic mass is 9.99. The Kier molecular flexibility index (Phi) is 5.78. The van der Waals surface area contributed by atoms with Gasteiger partial charge in [-0.3, -0.25) is 0 Å². The zero-order chi connectivity index (χ0) is 17.0. The second kappa shape index (κ2) is 7.60. The van der Waals surface area contributed by atoms with Crippen molar-refractivity contribution in [3.05, 3.63) is 63.4 Å². The van der Waals surface area contributed by atoms with Gasteiger partial charge in [-0.25, -0.2) is 9.38 Å². The molecule has 2 nitrogen and oxygen atoms in total. The smallest absolute Gasteiger partial charge is 0.123 e. The Hall–Kier alpha value is -1.87. The first kappa shape index (κ1) is 17.5. The van der Waals surface area contributed by atoms with E-state index in [-0.39, 0.29) is 5.82 Å². The van der Waals surface area contributed by atoms with E-state index in [0.717, 1.165) is 34.5 Å². The molecule has 2 aromatic carbocycles. The second-order valence-corrected chi connectivity index (χ2v) is 6.27. The van der Waals surface area contributed by atoms with Crippen molar-refractivity contribution in [2.24, 2.45) is 4.99 Å². The van der Waals surface area contributed by atoms with Crippen molar-refractivity contribution in [1.82, 2.24) is 4.90 Å². The molecular formula is C19H22ClFN2. The molecule has 0 heterocycles. The zero-order valence-corrected chi connectivity index (χ0v) is 14.8. The summed E-state index contributed by atoms with van der Waals surface area (Å²) in [5, 5.41) is 0.611. The van der Waals surface area contributed by atoms with E-state index in [4.69, 9.17) is 11.6 Å². The minimum atomic E-state index is -0.201. The predicted octanol–water partition coefficient (Wildman–Crippen LogP) is 5.30. The standard InChI is InChI=1S/C19H22ClFN2/c1-5-23(4)12-22-19-8-14(3)16(11-18(19)20)9-15-6-13(2)7-17(21)10-15/h6-8,10-12H,5,9H2,1-4H3. The molecule has 0 amide bonds. The van der Waals surface area contributed by atoms with Crippen LogP contribution < -0.4 is 0 Å². The third-order valence-electron chi connectivity index (χ3n) is 3.79. The van der Waals surface area contributed by atoms with Gasteiger partial charge in [0.15, 0.2) is 0 Å². The van der Waals surface area contributed by atoms with Gasteiger partial charge >= 0.3 is 0 Å². The molecule has 0 radical (unpaired) electrons. The first-order chi connectivity index (χ1) is 10.9. The monoisotopic (exact) mass is 332 g/mol. The summed E-state index contributed by atoms with van der Waals surface area (Å²) < 4.78 is 13.5. The van der Waals surface area contributed by atoms with Gasteiger partial charge in [-0.2, -0.15) is 0 Å². The Morgan fingerprint density at radius 3 is 2.57 bits per heavy atom. The quantitative estimate of drug-likeness (QED) is 0.536. The van der Waals surface area contributed by atoms with E-state index in [0.29, 0.717) is 11.4 Å². The van der Waals surface area contributed by atoms with Gasteiger partial charge in [0.25, 0.3) is 0 Å². The molecule has 0 atom stereocenters. The van der Waals surface area contributed by atoms with E-state index in [9.17, 15) is 4.39 Å². The van der Waals surface area contributed by atoms with Crippen molar-refractivity contribution in [3.63, 3.8) is 0 Å². The molecule has 0 saturated carbocycles. The topological polar surface area (TPSA) is 15.6 Å². The van der Waals surface area contributed by atoms with Crippen LogP contribution in [-0.2, 0) is 6.42 Å². The summed E-state index contributed by atoms with van der Waals surface area (Å²) in [5.41, 5.74) is 4.81. The maximum atomic E-state index is 13.5. The molecule has 122 valence electrons. The predicted molar refractivity (Wildman–Crippen MR) is 96.6 cm³/mol. The third-order valence-corrected chi connectivity index (χ3v) is 4.10. The fourth-order valence-corrected chi connectivity index (χ4v) is 2.61. The molecule has 0 aliphatic rings. The number of hydrogen-bond donors (Lipinski definition) is 0. The lowest BCUT2D eigenvalue weighted by Gasteiger charge is -2.11. The highest BCUT2D eigenvalue weighted by atomic mass is 35.5. The summed E-state index contributed by atoms with van der Waals surface area (Å²) in [6, 6.07) is 9.01. The van der Waals surface area contributed by atoms with E-state index >= 15 is 0 Å². The summed E-state index contributed by atoms with van der Waals surface area (Å²) in [6.07, 6.45) is 2.43. The van der Waals surface area contributed by atoms with E-state index in [1.807, 2.05) is 44.0 Å². The normalized spacial score (nSPS) is 11.2. The minimum Gasteiger partial charge on any atom is -0.366 e. The van der Waals surface area contributed by atoms with Crippen molar-refractivity contribution in [3.8, 4) is 0 Å². The van der Waals surface area contributed by atoms with E-state index in [2.05, 4.69) is 11.9 Å². The molecule has 0 aliphatic carbocycles. The molecule has 0 bridgehead atoms. The minimum absolute atomic E-state index is 0.201. The Balaban J connectivity index is 2.27. The maximum absolute atomic E-state index is 13.5. The van der Waals surface area contributed by atoms with Crippen molar-refractivity contribution >= 4 is 23.6 Å². The average Bonchev–Trinajstić information content (AvgIpc) is 2.47. The number of hydrogen-bond acceptors (Lipinski definition) is 1. The SMILES string of the molecule is CCN(C)C=Nc1cc(C)c(Cc2cc(C)cc(F)c2)cc1Cl. The van der Waals surface area contributed by atoms with Crippen LogP contribution in [0.5, 0.6) is 0 Å². The fourth-order valence-electron chi connectivity index (χ4n) is 2.37. The number of rotatable bonds is 5. The Bertz CT molecular complexity index is 705. The fraction of sp³-hybridized carbons (Fsp3) is 0.316. The second-order valence-electron chi connectivity index (χ2n) is 5.86. The van der Waals surface area contributed by atoms with E-state index < -0.39 is 0 Å². The number of aryl methyl sites for hydroxylation is 2. The lowest BCUT2D eigenvalue weighted by Crippen LogP contribution is -2.14. The van der Waals surface area contributed by atoms with E-state index in [1.54, 1.807) is 12.4 Å². The molecule has 4 heteroatoms. The molecule has 2 rings (SSSR count). The number of halogens is 2. The van der Waals surface area contributed by atoms with Crippen LogP contribution in [0.3, 0.4) is 0 Å². The summed E-state index contributed by atoms with van der Waals surface area (Å²) in [7, 11) is 1.96. The van der Waals surface area contributed by atoms with Crippen LogP contribution >= 0.6 is 11.6 Å². The average molecular weight is 333 g/mol. The van der Waals surface area contributed by atoms with Gasteiger partial charge < -0.3 is 4.90 Å². The number of benzene rings is 2. The van der Waals surface area contributed by atoms with Crippen LogP contribution in [0.4, 0.5) is 10.1 Å². The van der Waals surface area contributed by atoms with Gasteiger partial charge in [0.1, 0.15) is 5.82 Å². The van der Waals surface area contributed by atoms with Crippen molar-refractivity contribution < 1.29 is 4.39 Å². The molecular weight excluding hydrogens is 311 g/mol. The van der Waals surface area contributed by atoms with Gasteiger partial charge in [-0.15, -0.1) is 0 Å². The molecule has 0 spiro atoms. The number of nitrogens with zero attached hydrogens (tertiary/aromatic N) is 2. The summed E-state index contributed by atoms with van der Waals surface area (Å²) in [5.74, 6) is -0.201. The molecule has 0 fully saturated rings. The molecule has 0 saturated heterocycles. The van der Waals surface area contributed by atoms with Crippen LogP contribution in [0, 0.1) is 19.7 Å². The van der Waals surface area contributed by atoms with Gasteiger partial charge in [0.05, 0.1) is 17.0 Å². The summed E-state index contributed by atoms with van der Waals surface area (Å²) in [6.45, 7) is 6.87. The van der Waals surface area contributed by atoms with Crippen molar-refractivity contribution in [2.45, 2.75) is 27.2 Å². The van der Waals surface area contributed by atoms with Crippen LogP contribution in [0.15, 0.2) is 35.3 Å². The molecule has 2 aromatic rings. The molecule has 23 heavy (non-hydrogen) atoms. The molecule has 0 aromatic heterocycles. The molecule has 0 aliphatic heterocycles. The van der Waals surface area contributed by atoms with Gasteiger partial charge in [0.2, 0.25) is 0 Å². The highest BCUT2D eigenvalue weighted by Gasteiger charge is 2.07. The Morgan fingerprint density at radius 2 is 1.91 bits per heavy atom. The number of aliphatic imine (C=N–C) groups is 1. The summed E-state index contributed by atoms with van der Waals surface area (Å²) >= 11 is 6.35. The largest absolute Gasteiger partial charge is 0.366 e. The molecule has 0 unspecified atom stereocenters. The van der Waals surface area contributed by atoms with Crippen molar-refractivity contribution in [2.75, 3.05) is 13.6 Å². The first-order valence-corrected chi connectivity index (χ1v) is 8.06. The van der Waals surface area contributed by atoms with Crippen LogP contribution in [0.2, 0.25) is 5.02 Å². The Morgan fingerprint density at radius 1 is 1.17 bits per heavy atom. The van der Waals surface area contributed by atoms with Gasteiger partial charge in [-0.1, -0.05) is 17.7 Å². The first-order valence-electron chi connectivity index (χ1n) is 7.68. The maximum Gasteiger partial charge on any atom is 0.123 e. The van der Waals surface area contributed by atoms with Crippen LogP contribution in [0.25, 0.3) is 0 Å². The van der Waals surface area contributed by atoms with Gasteiger partial charge in [0, 0.05) is 13.6 Å². The summed E-state index contributed by atoms with van der Waals surface area (Å²) in [4.78, 5) is 6.40. The zero-order valence-electron chi connectivity index (χ0n) is 14.0. The third kappa shape index (κ3) is 4.80. The lowest BCUT2D eigenvalue weighted by molar-refractivity contribution is 0.552. The highest BCUT2D eigenvalue weighted by molar-refractivity contribution is 6.33. The van der Waals surface area contributed by atoms with Crippen LogP contribution in [0.1, 0.15) is 29.2 Å². The highest BCUT2D eigenvalue weighted by Crippen LogP contribution is 2.29. The molecule has 0 N–H and O–H groups in total.